The van der Waals surface area contributed by atoms with Gasteiger partial charge >= 0.3 is 0 Å². The van der Waals surface area contributed by atoms with Crippen LogP contribution in [0.25, 0.3) is 11.3 Å². The zero-order chi connectivity index (χ0) is 14.9. The van der Waals surface area contributed by atoms with Crippen molar-refractivity contribution >= 4 is 0 Å². The van der Waals surface area contributed by atoms with Crippen LogP contribution in [0.4, 0.5) is 0 Å². The second kappa shape index (κ2) is 5.23. The largest absolute Gasteiger partial charge is 0.310 e. The second-order valence-corrected chi connectivity index (χ2v) is 6.51. The van der Waals surface area contributed by atoms with Gasteiger partial charge in [-0.05, 0) is 11.5 Å². The molecule has 3 heteroatoms. The van der Waals surface area contributed by atoms with Gasteiger partial charge < -0.3 is 4.98 Å². The van der Waals surface area contributed by atoms with E-state index in [4.69, 9.17) is 0 Å². The molecule has 2 rings (SSSR count). The minimum atomic E-state index is -0.174. The van der Waals surface area contributed by atoms with E-state index in [-0.39, 0.29) is 11.0 Å². The number of hydrogen-bond acceptors (Lipinski definition) is 2. The van der Waals surface area contributed by atoms with Crippen molar-refractivity contribution in [1.29, 1.82) is 0 Å². The monoisotopic (exact) mass is 270 g/mol. The molecule has 0 aliphatic heterocycles. The number of H-pyrrole nitrogens is 1. The Morgan fingerprint density at radius 2 is 1.70 bits per heavy atom. The molecule has 0 fully saturated rings. The van der Waals surface area contributed by atoms with Crippen LogP contribution in [0.3, 0.4) is 0 Å². The van der Waals surface area contributed by atoms with Crippen LogP contribution in [0.5, 0.6) is 0 Å². The van der Waals surface area contributed by atoms with Crippen molar-refractivity contribution < 1.29 is 0 Å². The molecule has 1 aromatic carbocycles. The van der Waals surface area contributed by atoms with Crippen molar-refractivity contribution in [1.82, 2.24) is 9.97 Å². The molecule has 1 aromatic heterocycles. The normalized spacial score (nSPS) is 11.9. The Morgan fingerprint density at radius 3 is 2.20 bits per heavy atom. The van der Waals surface area contributed by atoms with Crippen molar-refractivity contribution in [3.63, 3.8) is 0 Å². The third-order valence-corrected chi connectivity index (χ3v) is 3.33. The lowest BCUT2D eigenvalue weighted by molar-refractivity contribution is 0.543. The number of aromatic amines is 1. The first-order valence-electron chi connectivity index (χ1n) is 6.99. The standard InChI is InChI=1S/C17H22N2O/c1-11(2)12-6-8-13(9-7-12)14-10-15(20)19-16(18-14)17(3,4)5/h6-11H,1-5H3,(H,18,19,20). The highest BCUT2D eigenvalue weighted by molar-refractivity contribution is 5.59. The second-order valence-electron chi connectivity index (χ2n) is 6.51. The first kappa shape index (κ1) is 14.5. The van der Waals surface area contributed by atoms with Crippen LogP contribution in [-0.4, -0.2) is 9.97 Å². The summed E-state index contributed by atoms with van der Waals surface area (Å²) in [5.41, 5.74) is 2.72. The van der Waals surface area contributed by atoms with E-state index in [0.717, 1.165) is 11.3 Å². The predicted molar refractivity (Wildman–Crippen MR) is 83.1 cm³/mol. The molecule has 3 nitrogen and oxygen atoms in total. The quantitative estimate of drug-likeness (QED) is 0.900. The molecular formula is C17H22N2O. The number of nitrogens with one attached hydrogen (secondary N) is 1. The summed E-state index contributed by atoms with van der Waals surface area (Å²) in [6, 6.07) is 9.81. The van der Waals surface area contributed by atoms with E-state index in [1.807, 2.05) is 32.9 Å². The molecule has 0 saturated heterocycles. The molecule has 0 bridgehead atoms. The third kappa shape index (κ3) is 3.16. The van der Waals surface area contributed by atoms with Crippen LogP contribution < -0.4 is 5.56 Å². The van der Waals surface area contributed by atoms with Crippen molar-refractivity contribution in [2.75, 3.05) is 0 Å². The van der Waals surface area contributed by atoms with Gasteiger partial charge in [-0.1, -0.05) is 58.9 Å². The fourth-order valence-corrected chi connectivity index (χ4v) is 2.00. The van der Waals surface area contributed by atoms with Gasteiger partial charge in [0.15, 0.2) is 0 Å². The number of nitrogens with zero attached hydrogens (tertiary/aromatic N) is 1. The van der Waals surface area contributed by atoms with Gasteiger partial charge in [-0.25, -0.2) is 4.98 Å². The van der Waals surface area contributed by atoms with Gasteiger partial charge in [-0.3, -0.25) is 4.79 Å². The van der Waals surface area contributed by atoms with Crippen molar-refractivity contribution in [2.24, 2.45) is 0 Å². The fraction of sp³-hybridized carbons (Fsp3) is 0.412. The molecule has 0 aliphatic rings. The van der Waals surface area contributed by atoms with E-state index >= 15 is 0 Å². The van der Waals surface area contributed by atoms with Crippen LogP contribution in [-0.2, 0) is 5.41 Å². The molecule has 0 saturated carbocycles. The average Bonchev–Trinajstić information content (AvgIpc) is 2.37. The molecule has 0 amide bonds. The summed E-state index contributed by atoms with van der Waals surface area (Å²) in [6.45, 7) is 10.4. The highest BCUT2D eigenvalue weighted by Gasteiger charge is 2.17. The lowest BCUT2D eigenvalue weighted by Crippen LogP contribution is -2.21. The lowest BCUT2D eigenvalue weighted by atomic mass is 9.95. The Balaban J connectivity index is 2.47. The summed E-state index contributed by atoms with van der Waals surface area (Å²) in [4.78, 5) is 19.2. The topological polar surface area (TPSA) is 45.8 Å². The van der Waals surface area contributed by atoms with Crippen molar-refractivity contribution in [3.05, 3.63) is 52.1 Å². The molecule has 2 aromatic rings. The molecule has 0 unspecified atom stereocenters. The summed E-state index contributed by atoms with van der Waals surface area (Å²) < 4.78 is 0. The third-order valence-electron chi connectivity index (χ3n) is 3.33. The molecule has 1 N–H and O–H groups in total. The van der Waals surface area contributed by atoms with E-state index < -0.39 is 0 Å². The summed E-state index contributed by atoms with van der Waals surface area (Å²) in [6.07, 6.45) is 0. The highest BCUT2D eigenvalue weighted by Crippen LogP contribution is 2.23. The number of aromatic nitrogens is 2. The lowest BCUT2D eigenvalue weighted by Gasteiger charge is -2.17. The van der Waals surface area contributed by atoms with Crippen LogP contribution in [0.1, 0.15) is 51.9 Å². The van der Waals surface area contributed by atoms with Crippen molar-refractivity contribution in [3.8, 4) is 11.3 Å². The predicted octanol–water partition coefficient (Wildman–Crippen LogP) is 3.86. The first-order valence-corrected chi connectivity index (χ1v) is 6.99. The van der Waals surface area contributed by atoms with Gasteiger partial charge in [0.05, 0.1) is 5.69 Å². The minimum absolute atomic E-state index is 0.104. The van der Waals surface area contributed by atoms with Gasteiger partial charge in [0.2, 0.25) is 0 Å². The van der Waals surface area contributed by atoms with E-state index in [9.17, 15) is 4.79 Å². The molecule has 106 valence electrons. The van der Waals surface area contributed by atoms with Crippen LogP contribution in [0.2, 0.25) is 0 Å². The summed E-state index contributed by atoms with van der Waals surface area (Å²) in [5.74, 6) is 1.22. The maximum Gasteiger partial charge on any atom is 0.251 e. The zero-order valence-electron chi connectivity index (χ0n) is 12.8. The Hall–Kier alpha value is -1.90. The summed E-state index contributed by atoms with van der Waals surface area (Å²) in [5, 5.41) is 0. The Labute approximate surface area is 120 Å². The summed E-state index contributed by atoms with van der Waals surface area (Å²) in [7, 11) is 0. The van der Waals surface area contributed by atoms with E-state index in [1.54, 1.807) is 6.07 Å². The molecular weight excluding hydrogens is 248 g/mol. The van der Waals surface area contributed by atoms with E-state index in [2.05, 4.69) is 35.9 Å². The smallest absolute Gasteiger partial charge is 0.251 e. The van der Waals surface area contributed by atoms with Crippen molar-refractivity contribution in [2.45, 2.75) is 46.0 Å². The van der Waals surface area contributed by atoms with Gasteiger partial charge in [0.1, 0.15) is 5.82 Å². The van der Waals surface area contributed by atoms with E-state index in [1.165, 1.54) is 5.56 Å². The van der Waals surface area contributed by atoms with Crippen LogP contribution in [0, 0.1) is 0 Å². The molecule has 0 spiro atoms. The van der Waals surface area contributed by atoms with Gasteiger partial charge in [-0.15, -0.1) is 0 Å². The number of hydrogen-bond donors (Lipinski definition) is 1. The molecule has 0 radical (unpaired) electrons. The Kier molecular flexibility index (Phi) is 3.80. The summed E-state index contributed by atoms with van der Waals surface area (Å²) >= 11 is 0. The zero-order valence-corrected chi connectivity index (χ0v) is 12.8. The van der Waals surface area contributed by atoms with Crippen LogP contribution in [0.15, 0.2) is 35.1 Å². The Morgan fingerprint density at radius 1 is 1.10 bits per heavy atom. The Bertz CT molecular complexity index is 646. The highest BCUT2D eigenvalue weighted by atomic mass is 16.1. The first-order chi connectivity index (χ1) is 9.27. The van der Waals surface area contributed by atoms with E-state index in [0.29, 0.717) is 11.7 Å². The average molecular weight is 270 g/mol. The number of rotatable bonds is 2. The minimum Gasteiger partial charge on any atom is -0.310 e. The maximum absolute atomic E-state index is 11.8. The van der Waals surface area contributed by atoms with Gasteiger partial charge in [0.25, 0.3) is 5.56 Å². The molecule has 1 heterocycles. The van der Waals surface area contributed by atoms with Gasteiger partial charge in [-0.2, -0.15) is 0 Å². The molecule has 0 aliphatic carbocycles. The SMILES string of the molecule is CC(C)c1ccc(-c2cc(=O)[nH]c(C(C)(C)C)n2)cc1. The molecule has 0 atom stereocenters. The number of benzene rings is 1. The molecule has 20 heavy (non-hydrogen) atoms. The van der Waals surface area contributed by atoms with Gasteiger partial charge in [0, 0.05) is 17.0 Å². The fourth-order valence-electron chi connectivity index (χ4n) is 2.00. The maximum atomic E-state index is 11.8. The van der Waals surface area contributed by atoms with Crippen LogP contribution >= 0.6 is 0 Å².